The zero-order valence-corrected chi connectivity index (χ0v) is 12.8. The largest absolute Gasteiger partial charge is 0.456 e. The molecule has 4 rings (SSSR count). The Labute approximate surface area is 131 Å². The minimum absolute atomic E-state index is 0.404. The van der Waals surface area contributed by atoms with Gasteiger partial charge < -0.3 is 10.1 Å². The molecule has 2 aromatic rings. The minimum atomic E-state index is 0.404. The van der Waals surface area contributed by atoms with E-state index in [-0.39, 0.29) is 0 Å². The van der Waals surface area contributed by atoms with Gasteiger partial charge in [0, 0.05) is 11.7 Å². The summed E-state index contributed by atoms with van der Waals surface area (Å²) in [5.41, 5.74) is 1.72. The minimum Gasteiger partial charge on any atom is -0.456 e. The van der Waals surface area contributed by atoms with E-state index < -0.39 is 0 Å². The van der Waals surface area contributed by atoms with Gasteiger partial charge in [0.1, 0.15) is 11.5 Å². The summed E-state index contributed by atoms with van der Waals surface area (Å²) in [6.07, 6.45) is 10.2. The van der Waals surface area contributed by atoms with Crippen LogP contribution in [0.1, 0.15) is 43.6 Å². The van der Waals surface area contributed by atoms with E-state index in [1.165, 1.54) is 44.2 Å². The molecule has 2 unspecified atom stereocenters. The number of aromatic nitrogens is 1. The van der Waals surface area contributed by atoms with Gasteiger partial charge in [0.25, 0.3) is 0 Å². The second-order valence-electron chi connectivity index (χ2n) is 6.62. The highest BCUT2D eigenvalue weighted by Crippen LogP contribution is 2.45. The van der Waals surface area contributed by atoms with Crippen LogP contribution in [0.2, 0.25) is 0 Å². The van der Waals surface area contributed by atoms with Crippen LogP contribution in [0.15, 0.2) is 48.8 Å². The molecule has 1 aromatic carbocycles. The fourth-order valence-corrected chi connectivity index (χ4v) is 4.01. The number of nitrogens with zero attached hydrogens (tertiary/aromatic N) is 1. The van der Waals surface area contributed by atoms with Crippen molar-refractivity contribution in [2.24, 2.45) is 0 Å². The van der Waals surface area contributed by atoms with E-state index in [0.29, 0.717) is 11.5 Å². The van der Waals surface area contributed by atoms with E-state index in [1.807, 2.05) is 36.5 Å². The van der Waals surface area contributed by atoms with Crippen LogP contribution in [0.4, 0.5) is 0 Å². The monoisotopic (exact) mass is 294 g/mol. The zero-order chi connectivity index (χ0) is 14.8. The van der Waals surface area contributed by atoms with Crippen LogP contribution in [0, 0.1) is 0 Å². The Balaban J connectivity index is 1.50. The van der Waals surface area contributed by atoms with Gasteiger partial charge in [-0.1, -0.05) is 18.2 Å². The summed E-state index contributed by atoms with van der Waals surface area (Å²) in [4.78, 5) is 4.40. The Hall–Kier alpha value is -1.87. The maximum Gasteiger partial charge on any atom is 0.145 e. The highest BCUT2D eigenvalue weighted by atomic mass is 16.5. The number of nitrogens with one attached hydrogen (secondary N) is 1. The van der Waals surface area contributed by atoms with Gasteiger partial charge in [-0.05, 0) is 68.3 Å². The molecule has 114 valence electrons. The van der Waals surface area contributed by atoms with Crippen molar-refractivity contribution in [1.82, 2.24) is 10.3 Å². The highest BCUT2D eigenvalue weighted by molar-refractivity contribution is 5.33. The first-order valence-electron chi connectivity index (χ1n) is 8.26. The number of benzene rings is 1. The van der Waals surface area contributed by atoms with Crippen LogP contribution in [0.25, 0.3) is 0 Å². The van der Waals surface area contributed by atoms with Crippen molar-refractivity contribution in [3.8, 4) is 11.5 Å². The number of pyridine rings is 1. The first-order valence-corrected chi connectivity index (χ1v) is 8.26. The molecular formula is C19H22N2O. The van der Waals surface area contributed by atoms with Crippen molar-refractivity contribution < 1.29 is 4.74 Å². The quantitative estimate of drug-likeness (QED) is 0.918. The predicted octanol–water partition coefficient (Wildman–Crippen LogP) is 4.26. The molecule has 0 bridgehead atoms. The summed E-state index contributed by atoms with van der Waals surface area (Å²) in [6, 6.07) is 12.1. The lowest BCUT2D eigenvalue weighted by atomic mass is 9.92. The third-order valence-corrected chi connectivity index (χ3v) is 5.13. The summed E-state index contributed by atoms with van der Waals surface area (Å²) in [7, 11) is 0. The van der Waals surface area contributed by atoms with Crippen LogP contribution in [0.5, 0.6) is 11.5 Å². The summed E-state index contributed by atoms with van der Waals surface area (Å²) in [6.45, 7) is 1.18. The van der Waals surface area contributed by atoms with Crippen LogP contribution < -0.4 is 10.1 Å². The number of rotatable bonds is 3. The van der Waals surface area contributed by atoms with Crippen molar-refractivity contribution >= 4 is 0 Å². The molecule has 22 heavy (non-hydrogen) atoms. The Morgan fingerprint density at radius 2 is 2.00 bits per heavy atom. The van der Waals surface area contributed by atoms with E-state index in [1.54, 1.807) is 6.20 Å². The first-order chi connectivity index (χ1) is 10.8. The van der Waals surface area contributed by atoms with Gasteiger partial charge in [0.05, 0.1) is 6.20 Å². The fourth-order valence-electron chi connectivity index (χ4n) is 4.01. The first kappa shape index (κ1) is 13.8. The molecule has 2 fully saturated rings. The molecule has 1 aliphatic heterocycles. The molecule has 2 atom stereocenters. The van der Waals surface area contributed by atoms with Gasteiger partial charge in [-0.15, -0.1) is 0 Å². The third kappa shape index (κ3) is 2.73. The Morgan fingerprint density at radius 3 is 2.82 bits per heavy atom. The predicted molar refractivity (Wildman–Crippen MR) is 87.3 cm³/mol. The van der Waals surface area contributed by atoms with Crippen molar-refractivity contribution in [1.29, 1.82) is 0 Å². The smallest absolute Gasteiger partial charge is 0.145 e. The van der Waals surface area contributed by atoms with E-state index in [4.69, 9.17) is 4.74 Å². The highest BCUT2D eigenvalue weighted by Gasteiger charge is 2.41. The third-order valence-electron chi connectivity index (χ3n) is 5.13. The van der Waals surface area contributed by atoms with E-state index in [0.717, 1.165) is 11.5 Å². The van der Waals surface area contributed by atoms with Gasteiger partial charge in [-0.3, -0.25) is 4.98 Å². The van der Waals surface area contributed by atoms with E-state index in [2.05, 4.69) is 16.4 Å². The van der Waals surface area contributed by atoms with E-state index in [9.17, 15) is 0 Å². The summed E-state index contributed by atoms with van der Waals surface area (Å²) in [5, 5.41) is 3.73. The number of ether oxygens (including phenoxy) is 1. The fraction of sp³-hybridized carbons (Fsp3) is 0.421. The van der Waals surface area contributed by atoms with Crippen molar-refractivity contribution in [3.05, 3.63) is 54.4 Å². The Morgan fingerprint density at radius 1 is 1.09 bits per heavy atom. The lowest BCUT2D eigenvalue weighted by Gasteiger charge is -2.23. The normalized spacial score (nSPS) is 27.4. The van der Waals surface area contributed by atoms with E-state index >= 15 is 0 Å². The van der Waals surface area contributed by atoms with Gasteiger partial charge in [-0.2, -0.15) is 0 Å². The molecule has 2 aliphatic rings. The summed E-state index contributed by atoms with van der Waals surface area (Å²) >= 11 is 0. The molecule has 1 aromatic heterocycles. The molecule has 2 heterocycles. The lowest BCUT2D eigenvalue weighted by Crippen LogP contribution is -2.36. The van der Waals surface area contributed by atoms with Crippen LogP contribution in [0.3, 0.4) is 0 Å². The molecule has 1 spiro atoms. The van der Waals surface area contributed by atoms with Crippen LogP contribution in [-0.2, 0) is 0 Å². The zero-order valence-electron chi connectivity index (χ0n) is 12.8. The number of hydrogen-bond donors (Lipinski definition) is 1. The number of hydrogen-bond acceptors (Lipinski definition) is 3. The number of para-hydroxylation sites is 1. The van der Waals surface area contributed by atoms with Crippen LogP contribution >= 0.6 is 0 Å². The summed E-state index contributed by atoms with van der Waals surface area (Å²) in [5.74, 6) is 2.31. The van der Waals surface area contributed by atoms with Crippen molar-refractivity contribution in [2.75, 3.05) is 6.54 Å². The topological polar surface area (TPSA) is 34.1 Å². The maximum atomic E-state index is 5.92. The molecule has 3 heteroatoms. The molecular weight excluding hydrogens is 272 g/mol. The Bertz CT molecular complexity index is 635. The lowest BCUT2D eigenvalue weighted by molar-refractivity contribution is 0.383. The van der Waals surface area contributed by atoms with Crippen LogP contribution in [-0.4, -0.2) is 17.1 Å². The molecule has 0 radical (unpaired) electrons. The van der Waals surface area contributed by atoms with Crippen molar-refractivity contribution in [2.45, 2.75) is 43.6 Å². The molecule has 1 N–H and O–H groups in total. The average molecular weight is 294 g/mol. The van der Waals surface area contributed by atoms with Gasteiger partial charge >= 0.3 is 0 Å². The van der Waals surface area contributed by atoms with Gasteiger partial charge in [0.2, 0.25) is 0 Å². The maximum absolute atomic E-state index is 5.92. The Kier molecular flexibility index (Phi) is 3.59. The molecule has 1 aliphatic carbocycles. The standard InChI is InChI=1S/C19H22N2O/c1-2-5-17(6-3-1)22-18-11-16(13-20-14-18)15-7-9-19(12-15)8-4-10-21-19/h1-3,5-6,11,13-15,21H,4,7-10,12H2. The molecule has 0 amide bonds. The van der Waals surface area contributed by atoms with Gasteiger partial charge in [0.15, 0.2) is 0 Å². The molecule has 1 saturated carbocycles. The second kappa shape index (κ2) is 5.73. The average Bonchev–Trinajstić information content (AvgIpc) is 3.19. The molecule has 1 saturated heterocycles. The molecule has 3 nitrogen and oxygen atoms in total. The SMILES string of the molecule is c1ccc(Oc2cncc(C3CCC4(CCCN4)C3)c2)cc1. The second-order valence-corrected chi connectivity index (χ2v) is 6.62. The van der Waals surface area contributed by atoms with Crippen molar-refractivity contribution in [3.63, 3.8) is 0 Å². The summed E-state index contributed by atoms with van der Waals surface area (Å²) < 4.78 is 5.92. The van der Waals surface area contributed by atoms with Gasteiger partial charge in [-0.25, -0.2) is 0 Å².